The molecule has 2 aromatic carbocycles. The third kappa shape index (κ3) is 4.32. The number of nitrogens with zero attached hydrogens (tertiary/aromatic N) is 1. The highest BCUT2D eigenvalue weighted by atomic mass is 16.5. The van der Waals surface area contributed by atoms with Crippen LogP contribution in [-0.2, 0) is 12.8 Å². The molecule has 0 bridgehead atoms. The summed E-state index contributed by atoms with van der Waals surface area (Å²) in [6.07, 6.45) is 2.04. The molecule has 4 heteroatoms. The molecule has 1 aliphatic carbocycles. The molecule has 0 aliphatic heterocycles. The van der Waals surface area contributed by atoms with Crippen LogP contribution in [0.1, 0.15) is 29.5 Å². The van der Waals surface area contributed by atoms with E-state index in [1.807, 2.05) is 18.2 Å². The van der Waals surface area contributed by atoms with Crippen LogP contribution in [-0.4, -0.2) is 32.7 Å². The minimum absolute atomic E-state index is 0.556. The van der Waals surface area contributed by atoms with E-state index in [1.165, 1.54) is 16.7 Å². The van der Waals surface area contributed by atoms with E-state index in [-0.39, 0.29) is 0 Å². The molecular weight excluding hydrogens is 310 g/mol. The minimum Gasteiger partial charge on any atom is -0.496 e. The molecule has 0 heterocycles. The SMILES string of the molecule is CCNC(=NCC1Cc2ccccc21)NCCc1ccccc1OC. The summed E-state index contributed by atoms with van der Waals surface area (Å²) in [5, 5.41) is 6.76. The lowest BCUT2D eigenvalue weighted by molar-refractivity contribution is 0.409. The number of ether oxygens (including phenoxy) is 1. The Morgan fingerprint density at radius 1 is 1.12 bits per heavy atom. The molecule has 0 fully saturated rings. The van der Waals surface area contributed by atoms with Gasteiger partial charge in [0, 0.05) is 25.6 Å². The fraction of sp³-hybridized carbons (Fsp3) is 0.381. The Balaban J connectivity index is 1.53. The van der Waals surface area contributed by atoms with E-state index in [4.69, 9.17) is 9.73 Å². The molecule has 132 valence electrons. The Morgan fingerprint density at radius 3 is 2.72 bits per heavy atom. The van der Waals surface area contributed by atoms with Gasteiger partial charge in [0.05, 0.1) is 7.11 Å². The van der Waals surface area contributed by atoms with Crippen molar-refractivity contribution in [1.29, 1.82) is 0 Å². The normalized spacial score (nSPS) is 15.9. The number of aliphatic imine (C=N–C) groups is 1. The van der Waals surface area contributed by atoms with E-state index in [0.29, 0.717) is 5.92 Å². The lowest BCUT2D eigenvalue weighted by Crippen LogP contribution is -2.39. The molecule has 2 aromatic rings. The van der Waals surface area contributed by atoms with Crippen molar-refractivity contribution in [3.63, 3.8) is 0 Å². The summed E-state index contributed by atoms with van der Waals surface area (Å²) in [4.78, 5) is 4.77. The van der Waals surface area contributed by atoms with Crippen molar-refractivity contribution in [2.45, 2.75) is 25.7 Å². The maximum Gasteiger partial charge on any atom is 0.191 e. The summed E-state index contributed by atoms with van der Waals surface area (Å²) in [5.74, 6) is 2.39. The molecule has 0 spiro atoms. The Kier molecular flexibility index (Phi) is 5.94. The number of rotatable bonds is 7. The van der Waals surface area contributed by atoms with Crippen molar-refractivity contribution in [1.82, 2.24) is 10.6 Å². The topological polar surface area (TPSA) is 45.7 Å². The molecule has 1 atom stereocenters. The zero-order valence-electron chi connectivity index (χ0n) is 15.1. The molecule has 2 N–H and O–H groups in total. The first kappa shape index (κ1) is 17.3. The molecule has 0 saturated carbocycles. The molecule has 25 heavy (non-hydrogen) atoms. The van der Waals surface area contributed by atoms with Gasteiger partial charge in [-0.1, -0.05) is 42.5 Å². The molecule has 1 aliphatic rings. The zero-order valence-corrected chi connectivity index (χ0v) is 15.1. The molecule has 3 rings (SSSR count). The van der Waals surface area contributed by atoms with Crippen LogP contribution in [0.2, 0.25) is 0 Å². The fourth-order valence-corrected chi connectivity index (χ4v) is 3.29. The Morgan fingerprint density at radius 2 is 1.92 bits per heavy atom. The van der Waals surface area contributed by atoms with Gasteiger partial charge in [0.25, 0.3) is 0 Å². The smallest absolute Gasteiger partial charge is 0.191 e. The number of benzene rings is 2. The van der Waals surface area contributed by atoms with E-state index in [0.717, 1.165) is 44.2 Å². The second kappa shape index (κ2) is 8.56. The molecule has 0 aromatic heterocycles. The molecule has 0 amide bonds. The summed E-state index contributed by atoms with van der Waals surface area (Å²) >= 11 is 0. The molecular formula is C21H27N3O. The van der Waals surface area contributed by atoms with Crippen molar-refractivity contribution in [2.24, 2.45) is 4.99 Å². The van der Waals surface area contributed by atoms with Crippen LogP contribution in [0, 0.1) is 0 Å². The number of methoxy groups -OCH3 is 1. The third-order valence-corrected chi connectivity index (χ3v) is 4.65. The summed E-state index contributed by atoms with van der Waals surface area (Å²) in [6, 6.07) is 16.8. The van der Waals surface area contributed by atoms with Crippen LogP contribution >= 0.6 is 0 Å². The second-order valence-electron chi connectivity index (χ2n) is 6.31. The average molecular weight is 337 g/mol. The largest absolute Gasteiger partial charge is 0.496 e. The summed E-state index contributed by atoms with van der Waals surface area (Å²) in [6.45, 7) is 4.62. The standard InChI is InChI=1S/C21H27N3O/c1-3-22-21(23-13-12-16-8-5-7-11-20(16)25-2)24-15-18-14-17-9-4-6-10-19(17)18/h4-11,18H,3,12-15H2,1-2H3,(H2,22,23,24). The Hall–Kier alpha value is -2.49. The Labute approximate surface area is 150 Å². The number of fused-ring (bicyclic) bond motifs is 1. The quantitative estimate of drug-likeness (QED) is 0.603. The predicted molar refractivity (Wildman–Crippen MR) is 104 cm³/mol. The van der Waals surface area contributed by atoms with E-state index in [2.05, 4.69) is 47.9 Å². The lowest BCUT2D eigenvalue weighted by Gasteiger charge is -2.29. The highest BCUT2D eigenvalue weighted by Crippen LogP contribution is 2.34. The van der Waals surface area contributed by atoms with Crippen LogP contribution in [0.25, 0.3) is 0 Å². The molecule has 0 radical (unpaired) electrons. The number of para-hydroxylation sites is 1. The second-order valence-corrected chi connectivity index (χ2v) is 6.31. The van der Waals surface area contributed by atoms with E-state index < -0.39 is 0 Å². The van der Waals surface area contributed by atoms with Gasteiger partial charge in [-0.05, 0) is 42.5 Å². The zero-order chi connectivity index (χ0) is 17.5. The van der Waals surface area contributed by atoms with Crippen LogP contribution in [0.5, 0.6) is 5.75 Å². The average Bonchev–Trinajstić information content (AvgIpc) is 2.63. The third-order valence-electron chi connectivity index (χ3n) is 4.65. The van der Waals surface area contributed by atoms with Gasteiger partial charge in [-0.15, -0.1) is 0 Å². The molecule has 0 saturated heterocycles. The van der Waals surface area contributed by atoms with Crippen LogP contribution in [0.3, 0.4) is 0 Å². The minimum atomic E-state index is 0.556. The first-order valence-electron chi connectivity index (χ1n) is 9.03. The van der Waals surface area contributed by atoms with Gasteiger partial charge in [-0.2, -0.15) is 0 Å². The number of hydrogen-bond donors (Lipinski definition) is 2. The van der Waals surface area contributed by atoms with Gasteiger partial charge in [-0.3, -0.25) is 4.99 Å². The first-order valence-corrected chi connectivity index (χ1v) is 9.03. The van der Waals surface area contributed by atoms with Gasteiger partial charge < -0.3 is 15.4 Å². The molecule has 1 unspecified atom stereocenters. The number of guanidine groups is 1. The van der Waals surface area contributed by atoms with Crippen molar-refractivity contribution >= 4 is 5.96 Å². The fourth-order valence-electron chi connectivity index (χ4n) is 3.29. The monoisotopic (exact) mass is 337 g/mol. The van der Waals surface area contributed by atoms with Gasteiger partial charge in [-0.25, -0.2) is 0 Å². The highest BCUT2D eigenvalue weighted by molar-refractivity contribution is 5.79. The van der Waals surface area contributed by atoms with E-state index in [1.54, 1.807) is 7.11 Å². The maximum absolute atomic E-state index is 5.41. The highest BCUT2D eigenvalue weighted by Gasteiger charge is 2.24. The van der Waals surface area contributed by atoms with Crippen molar-refractivity contribution in [2.75, 3.05) is 26.7 Å². The lowest BCUT2D eigenvalue weighted by atomic mass is 9.78. The van der Waals surface area contributed by atoms with Gasteiger partial charge in [0.1, 0.15) is 5.75 Å². The number of nitrogens with one attached hydrogen (secondary N) is 2. The van der Waals surface area contributed by atoms with E-state index in [9.17, 15) is 0 Å². The van der Waals surface area contributed by atoms with Gasteiger partial charge >= 0.3 is 0 Å². The van der Waals surface area contributed by atoms with Gasteiger partial charge in [0.2, 0.25) is 0 Å². The Bertz CT molecular complexity index is 727. The van der Waals surface area contributed by atoms with Crippen molar-refractivity contribution < 1.29 is 4.74 Å². The number of hydrogen-bond acceptors (Lipinski definition) is 2. The first-order chi connectivity index (χ1) is 12.3. The molecule has 4 nitrogen and oxygen atoms in total. The predicted octanol–water partition coefficient (Wildman–Crippen LogP) is 3.13. The van der Waals surface area contributed by atoms with Crippen LogP contribution in [0.15, 0.2) is 53.5 Å². The maximum atomic E-state index is 5.41. The summed E-state index contributed by atoms with van der Waals surface area (Å²) in [7, 11) is 1.72. The van der Waals surface area contributed by atoms with E-state index >= 15 is 0 Å². The van der Waals surface area contributed by atoms with Crippen LogP contribution in [0.4, 0.5) is 0 Å². The van der Waals surface area contributed by atoms with Crippen LogP contribution < -0.4 is 15.4 Å². The summed E-state index contributed by atoms with van der Waals surface area (Å²) < 4.78 is 5.41. The summed E-state index contributed by atoms with van der Waals surface area (Å²) in [5.41, 5.74) is 4.13. The van der Waals surface area contributed by atoms with Crippen molar-refractivity contribution in [3.8, 4) is 5.75 Å². The van der Waals surface area contributed by atoms with Crippen molar-refractivity contribution in [3.05, 3.63) is 65.2 Å². The van der Waals surface area contributed by atoms with Gasteiger partial charge in [0.15, 0.2) is 5.96 Å².